The number of rotatable bonds is 4. The number of fused-ring (bicyclic) bond motifs is 1. The number of carbonyl (C=O) groups excluding carboxylic acids is 2. The fraction of sp³-hybridized carbons (Fsp3) is 0.364. The van der Waals surface area contributed by atoms with Crippen molar-refractivity contribution >= 4 is 28.8 Å². The monoisotopic (exact) mass is 534 g/mol. The average molecular weight is 534 g/mol. The lowest BCUT2D eigenvalue weighted by molar-refractivity contribution is -0.141. The Morgan fingerprint density at radius 1 is 1.24 bits per heavy atom. The van der Waals surface area contributed by atoms with Crippen LogP contribution < -0.4 is 11.1 Å². The lowest BCUT2D eigenvalue weighted by Crippen LogP contribution is -2.41. The number of hydrogen-bond acceptors (Lipinski definition) is 10. The van der Waals surface area contributed by atoms with Gasteiger partial charge in [-0.05, 0) is 18.1 Å². The van der Waals surface area contributed by atoms with E-state index in [4.69, 9.17) is 10.5 Å². The highest BCUT2D eigenvalue weighted by Crippen LogP contribution is 2.32. The highest BCUT2D eigenvalue weighted by Gasteiger charge is 2.47. The van der Waals surface area contributed by atoms with Crippen LogP contribution in [0.15, 0.2) is 24.7 Å². The number of amides is 2. The minimum Gasteiger partial charge on any atom is -0.387 e. The number of nitrogens with one attached hydrogen (secondary N) is 1. The quantitative estimate of drug-likeness (QED) is 0.313. The molecule has 4 atom stereocenters. The Morgan fingerprint density at radius 3 is 2.61 bits per heavy atom. The minimum absolute atomic E-state index is 0.0470. The molecular formula is C22H21F3N8O5. The summed E-state index contributed by atoms with van der Waals surface area (Å²) >= 11 is 0. The summed E-state index contributed by atoms with van der Waals surface area (Å²) in [5, 5.41) is 23.0. The molecule has 1 saturated heterocycles. The first kappa shape index (κ1) is 26.7. The number of nitrogens with zero attached hydrogens (tertiary/aromatic N) is 6. The van der Waals surface area contributed by atoms with Crippen LogP contribution in [-0.2, 0) is 15.7 Å². The predicted molar refractivity (Wildman–Crippen MR) is 123 cm³/mol. The number of hydrogen-bond donors (Lipinski definition) is 4. The van der Waals surface area contributed by atoms with Gasteiger partial charge in [0.05, 0.1) is 18.4 Å². The van der Waals surface area contributed by atoms with Crippen LogP contribution >= 0.6 is 0 Å². The third-order valence-corrected chi connectivity index (χ3v) is 5.63. The standard InChI is InChI=1S/C22H21F3N8O5/c1-27-19(36)16-14(34)15(35)21(38-16)33-9-29-13-17(26)30-12(31-18(13)33)4-3-7-32(2)20(37)10-5-6-11(28-8-10)22(23,24)25/h5-6,8-9,14-16,21,34-35H,7H2,1-2H3,(H,27,36)(H2,26,30,31)/t14-,15+,16?,21?/m0/s1. The van der Waals surface area contributed by atoms with Gasteiger partial charge in [-0.2, -0.15) is 13.2 Å². The fourth-order valence-corrected chi connectivity index (χ4v) is 3.65. The van der Waals surface area contributed by atoms with Gasteiger partial charge in [0.2, 0.25) is 5.82 Å². The molecule has 0 aliphatic carbocycles. The molecule has 4 rings (SSSR count). The first-order chi connectivity index (χ1) is 17.9. The Balaban J connectivity index is 1.52. The largest absolute Gasteiger partial charge is 0.433 e. The number of ether oxygens (including phenoxy) is 1. The molecule has 2 unspecified atom stereocenters. The summed E-state index contributed by atoms with van der Waals surface area (Å²) in [6.45, 7) is -0.134. The summed E-state index contributed by atoms with van der Waals surface area (Å²) in [6, 6.07) is 1.73. The van der Waals surface area contributed by atoms with Gasteiger partial charge >= 0.3 is 6.18 Å². The van der Waals surface area contributed by atoms with E-state index in [0.29, 0.717) is 6.07 Å². The summed E-state index contributed by atoms with van der Waals surface area (Å²) in [5.41, 5.74) is 5.06. The van der Waals surface area contributed by atoms with E-state index >= 15 is 0 Å². The molecule has 0 spiro atoms. The maximum Gasteiger partial charge on any atom is 0.433 e. The number of nitrogens with two attached hydrogens (primary N) is 1. The Morgan fingerprint density at radius 2 is 1.97 bits per heavy atom. The van der Waals surface area contributed by atoms with Crippen molar-refractivity contribution in [2.24, 2.45) is 0 Å². The summed E-state index contributed by atoms with van der Waals surface area (Å²) in [4.78, 5) is 41.3. The molecule has 1 fully saturated rings. The van der Waals surface area contributed by atoms with Crippen LogP contribution in [0.3, 0.4) is 0 Å². The van der Waals surface area contributed by atoms with Crippen molar-refractivity contribution in [1.82, 2.24) is 34.7 Å². The van der Waals surface area contributed by atoms with Gasteiger partial charge in [0.15, 0.2) is 23.8 Å². The van der Waals surface area contributed by atoms with Crippen LogP contribution in [0.4, 0.5) is 19.0 Å². The van der Waals surface area contributed by atoms with Crippen LogP contribution in [-0.4, -0.2) is 90.4 Å². The van der Waals surface area contributed by atoms with E-state index in [1.807, 2.05) is 0 Å². The number of halogens is 3. The minimum atomic E-state index is -4.62. The number of pyridine rings is 1. The van der Waals surface area contributed by atoms with Gasteiger partial charge < -0.3 is 30.9 Å². The molecule has 16 heteroatoms. The zero-order valence-corrected chi connectivity index (χ0v) is 19.8. The highest BCUT2D eigenvalue weighted by atomic mass is 19.4. The Hall–Kier alpha value is -4.33. The van der Waals surface area contributed by atoms with Crippen molar-refractivity contribution < 1.29 is 37.7 Å². The number of aliphatic hydroxyl groups is 2. The van der Waals surface area contributed by atoms with Crippen molar-refractivity contribution in [2.45, 2.75) is 30.7 Å². The third kappa shape index (κ3) is 5.07. The number of anilines is 1. The van der Waals surface area contributed by atoms with E-state index in [-0.39, 0.29) is 34.9 Å². The van der Waals surface area contributed by atoms with E-state index in [0.717, 1.165) is 17.2 Å². The molecule has 3 aromatic rings. The summed E-state index contributed by atoms with van der Waals surface area (Å²) < 4.78 is 44.8. The van der Waals surface area contributed by atoms with Crippen LogP contribution in [0.1, 0.15) is 28.1 Å². The number of carbonyl (C=O) groups is 2. The third-order valence-electron chi connectivity index (χ3n) is 5.63. The van der Waals surface area contributed by atoms with Gasteiger partial charge in [0.1, 0.15) is 23.4 Å². The predicted octanol–water partition coefficient (Wildman–Crippen LogP) is -0.689. The topological polar surface area (TPSA) is 182 Å². The molecule has 4 heterocycles. The van der Waals surface area contributed by atoms with Gasteiger partial charge in [-0.25, -0.2) is 15.0 Å². The van der Waals surface area contributed by atoms with Crippen LogP contribution in [0.25, 0.3) is 11.2 Å². The van der Waals surface area contributed by atoms with Gasteiger partial charge in [-0.1, -0.05) is 5.92 Å². The number of alkyl halides is 3. The zero-order valence-electron chi connectivity index (χ0n) is 19.8. The molecule has 3 aromatic heterocycles. The Kier molecular flexibility index (Phi) is 7.18. The Bertz CT molecular complexity index is 1430. The molecule has 0 saturated carbocycles. The van der Waals surface area contributed by atoms with E-state index in [2.05, 4.69) is 37.1 Å². The highest BCUT2D eigenvalue weighted by molar-refractivity contribution is 5.94. The van der Waals surface area contributed by atoms with E-state index in [1.54, 1.807) is 0 Å². The Labute approximate surface area is 212 Å². The number of imidazole rings is 1. The van der Waals surface area contributed by atoms with Crippen LogP contribution in [0, 0.1) is 11.8 Å². The maximum absolute atomic E-state index is 12.7. The van der Waals surface area contributed by atoms with E-state index in [1.165, 1.54) is 25.0 Å². The molecule has 0 bridgehead atoms. The SMILES string of the molecule is CNC(=O)C1OC(n2cnc3c(N)nc(C#CCN(C)C(=O)c4ccc(C(F)(F)F)nc4)nc32)[C@H](O)[C@@H]1O. The van der Waals surface area contributed by atoms with Gasteiger partial charge in [-0.3, -0.25) is 19.1 Å². The molecule has 1 aliphatic rings. The smallest absolute Gasteiger partial charge is 0.387 e. The summed E-state index contributed by atoms with van der Waals surface area (Å²) in [7, 11) is 2.75. The molecule has 38 heavy (non-hydrogen) atoms. The molecule has 0 aromatic carbocycles. The number of aromatic nitrogens is 5. The first-order valence-electron chi connectivity index (χ1n) is 10.9. The lowest BCUT2D eigenvalue weighted by Gasteiger charge is -2.16. The first-order valence-corrected chi connectivity index (χ1v) is 10.9. The van der Waals surface area contributed by atoms with Gasteiger partial charge in [-0.15, -0.1) is 0 Å². The van der Waals surface area contributed by atoms with Crippen molar-refractivity contribution in [1.29, 1.82) is 0 Å². The fourth-order valence-electron chi connectivity index (χ4n) is 3.65. The molecule has 0 radical (unpaired) electrons. The molecule has 200 valence electrons. The normalized spacial score (nSPS) is 21.1. The van der Waals surface area contributed by atoms with Gasteiger partial charge in [0.25, 0.3) is 11.8 Å². The molecular weight excluding hydrogens is 513 g/mol. The summed E-state index contributed by atoms with van der Waals surface area (Å²) in [5.74, 6) is 3.97. The molecule has 5 N–H and O–H groups in total. The van der Waals surface area contributed by atoms with Crippen LogP contribution in [0.2, 0.25) is 0 Å². The second-order valence-electron chi connectivity index (χ2n) is 8.19. The molecule has 1 aliphatic heterocycles. The molecule has 2 amide bonds. The van der Waals surface area contributed by atoms with Crippen molar-refractivity contribution in [2.75, 3.05) is 26.4 Å². The average Bonchev–Trinajstić information content (AvgIpc) is 3.43. The second-order valence-corrected chi connectivity index (χ2v) is 8.19. The number of likely N-dealkylation sites (N-methyl/N-ethyl adjacent to an activating group) is 1. The van der Waals surface area contributed by atoms with E-state index in [9.17, 15) is 33.0 Å². The zero-order chi connectivity index (χ0) is 27.8. The van der Waals surface area contributed by atoms with Crippen LogP contribution in [0.5, 0.6) is 0 Å². The second kappa shape index (κ2) is 10.2. The summed E-state index contributed by atoms with van der Waals surface area (Å²) in [6.07, 6.45) is -8.07. The number of nitrogen functional groups attached to an aromatic ring is 1. The van der Waals surface area contributed by atoms with E-state index < -0.39 is 48.2 Å². The lowest BCUT2D eigenvalue weighted by atomic mass is 10.1. The number of aliphatic hydroxyl groups excluding tert-OH is 2. The van der Waals surface area contributed by atoms with Gasteiger partial charge in [0, 0.05) is 20.3 Å². The van der Waals surface area contributed by atoms with Crippen molar-refractivity contribution in [3.8, 4) is 11.8 Å². The maximum atomic E-state index is 12.7. The van der Waals surface area contributed by atoms with Crippen molar-refractivity contribution in [3.63, 3.8) is 0 Å². The van der Waals surface area contributed by atoms with Crippen molar-refractivity contribution in [3.05, 3.63) is 41.7 Å². The molecule has 13 nitrogen and oxygen atoms in total.